The molecule has 2 aromatic carbocycles. The van der Waals surface area contributed by atoms with Gasteiger partial charge in [-0.2, -0.15) is 4.98 Å². The lowest BCUT2D eigenvalue weighted by molar-refractivity contribution is 0.0638. The molecule has 6 rings (SSSR count). The van der Waals surface area contributed by atoms with Crippen LogP contribution >= 0.6 is 11.3 Å². The molecule has 1 aliphatic rings. The van der Waals surface area contributed by atoms with Gasteiger partial charge in [0.05, 0.1) is 6.04 Å². The first-order valence-corrected chi connectivity index (χ1v) is 11.8. The van der Waals surface area contributed by atoms with Crippen molar-refractivity contribution in [2.75, 3.05) is 6.54 Å². The van der Waals surface area contributed by atoms with Crippen LogP contribution in [-0.2, 0) is 6.54 Å². The van der Waals surface area contributed by atoms with Gasteiger partial charge in [0.1, 0.15) is 0 Å². The van der Waals surface area contributed by atoms with Crippen LogP contribution in [0.25, 0.3) is 33.5 Å². The van der Waals surface area contributed by atoms with Crippen LogP contribution in [0.1, 0.15) is 29.1 Å². The summed E-state index contributed by atoms with van der Waals surface area (Å²) in [5, 5.41) is 14.8. The zero-order chi connectivity index (χ0) is 23.1. The van der Waals surface area contributed by atoms with Crippen LogP contribution in [0.15, 0.2) is 76.6 Å². The average Bonchev–Trinajstić information content (AvgIpc) is 3.65. The van der Waals surface area contributed by atoms with E-state index in [1.165, 1.54) is 4.88 Å². The third-order valence-corrected chi connectivity index (χ3v) is 6.95. The van der Waals surface area contributed by atoms with Crippen LogP contribution in [0.5, 0.6) is 0 Å². The fourth-order valence-electron chi connectivity index (χ4n) is 4.23. The van der Waals surface area contributed by atoms with E-state index in [1.807, 2.05) is 82.4 Å². The van der Waals surface area contributed by atoms with E-state index in [0.29, 0.717) is 42.0 Å². The SMILES string of the molecule is CC1c2nnc(-c3nc(-c4ccccc4)no3)n2CCN1C(=O)c1ccc(-c2cccs2)cc1. The highest BCUT2D eigenvalue weighted by Gasteiger charge is 2.33. The number of carbonyl (C=O) groups excluding carboxylic acids is 1. The lowest BCUT2D eigenvalue weighted by Crippen LogP contribution is -2.41. The Morgan fingerprint density at radius 1 is 0.971 bits per heavy atom. The van der Waals surface area contributed by atoms with Gasteiger partial charge in [-0.05, 0) is 36.1 Å². The molecule has 0 saturated carbocycles. The van der Waals surface area contributed by atoms with Crippen molar-refractivity contribution < 1.29 is 9.32 Å². The van der Waals surface area contributed by atoms with Crippen molar-refractivity contribution in [3.8, 4) is 33.5 Å². The average molecular weight is 469 g/mol. The predicted octanol–water partition coefficient (Wildman–Crippen LogP) is 4.94. The molecule has 3 aromatic heterocycles. The summed E-state index contributed by atoms with van der Waals surface area (Å²) in [5.74, 6) is 2.01. The van der Waals surface area contributed by atoms with Crippen molar-refractivity contribution >= 4 is 17.2 Å². The maximum absolute atomic E-state index is 13.3. The maximum atomic E-state index is 13.3. The lowest BCUT2D eigenvalue weighted by Gasteiger charge is -2.33. The summed E-state index contributed by atoms with van der Waals surface area (Å²) < 4.78 is 7.44. The lowest BCUT2D eigenvalue weighted by atomic mass is 10.1. The molecule has 1 aliphatic heterocycles. The first kappa shape index (κ1) is 20.5. The van der Waals surface area contributed by atoms with Gasteiger partial charge in [-0.1, -0.05) is 53.7 Å². The number of thiophene rings is 1. The molecule has 8 nitrogen and oxygen atoms in total. The Bertz CT molecular complexity index is 1440. The van der Waals surface area contributed by atoms with E-state index in [0.717, 1.165) is 11.1 Å². The van der Waals surface area contributed by atoms with Crippen molar-refractivity contribution in [2.24, 2.45) is 0 Å². The Hall–Kier alpha value is -4.11. The molecule has 0 fully saturated rings. The van der Waals surface area contributed by atoms with Gasteiger partial charge in [0.25, 0.3) is 11.8 Å². The normalized spacial score (nSPS) is 15.3. The summed E-state index contributed by atoms with van der Waals surface area (Å²) in [6.07, 6.45) is 0. The number of nitrogens with zero attached hydrogens (tertiary/aromatic N) is 6. The zero-order valence-electron chi connectivity index (χ0n) is 18.3. The molecule has 168 valence electrons. The third kappa shape index (κ3) is 3.50. The number of amides is 1. The summed E-state index contributed by atoms with van der Waals surface area (Å²) in [4.78, 5) is 20.8. The van der Waals surface area contributed by atoms with E-state index >= 15 is 0 Å². The molecule has 0 saturated heterocycles. The predicted molar refractivity (Wildman–Crippen MR) is 128 cm³/mol. The van der Waals surface area contributed by atoms with Crippen LogP contribution in [0.4, 0.5) is 0 Å². The number of hydrogen-bond donors (Lipinski definition) is 0. The third-order valence-electron chi connectivity index (χ3n) is 6.03. The molecule has 0 aliphatic carbocycles. The van der Waals surface area contributed by atoms with Gasteiger partial charge in [-0.3, -0.25) is 4.79 Å². The van der Waals surface area contributed by atoms with Gasteiger partial charge in [0.15, 0.2) is 5.82 Å². The highest BCUT2D eigenvalue weighted by Crippen LogP contribution is 2.31. The monoisotopic (exact) mass is 468 g/mol. The molecule has 1 atom stereocenters. The van der Waals surface area contributed by atoms with Crippen LogP contribution in [0.2, 0.25) is 0 Å². The minimum Gasteiger partial charge on any atom is -0.330 e. The van der Waals surface area contributed by atoms with Crippen LogP contribution in [0, 0.1) is 0 Å². The van der Waals surface area contributed by atoms with Crippen LogP contribution in [-0.4, -0.2) is 42.3 Å². The molecule has 4 heterocycles. The van der Waals surface area contributed by atoms with E-state index in [-0.39, 0.29) is 11.9 Å². The molecular weight excluding hydrogens is 448 g/mol. The van der Waals surface area contributed by atoms with Gasteiger partial charge >= 0.3 is 0 Å². The largest absolute Gasteiger partial charge is 0.330 e. The minimum absolute atomic E-state index is 0.0230. The summed E-state index contributed by atoms with van der Waals surface area (Å²) in [7, 11) is 0. The van der Waals surface area contributed by atoms with Crippen molar-refractivity contribution in [1.29, 1.82) is 0 Å². The fraction of sp³-hybridized carbons (Fsp3) is 0.160. The quantitative estimate of drug-likeness (QED) is 0.371. The second-order valence-corrected chi connectivity index (χ2v) is 9.00. The van der Waals surface area contributed by atoms with Crippen molar-refractivity contribution in [2.45, 2.75) is 19.5 Å². The van der Waals surface area contributed by atoms with Gasteiger partial charge in [0.2, 0.25) is 11.6 Å². The Balaban J connectivity index is 1.24. The first-order valence-electron chi connectivity index (χ1n) is 11.0. The summed E-state index contributed by atoms with van der Waals surface area (Å²) in [6, 6.07) is 21.3. The summed E-state index contributed by atoms with van der Waals surface area (Å²) in [5.41, 5.74) is 2.63. The first-order chi connectivity index (χ1) is 16.7. The Kier molecular flexibility index (Phi) is 5.03. The van der Waals surface area contributed by atoms with Gasteiger partial charge in [0, 0.05) is 29.1 Å². The van der Waals surface area contributed by atoms with E-state index in [2.05, 4.69) is 26.4 Å². The molecule has 1 amide bonds. The number of rotatable bonds is 4. The molecule has 34 heavy (non-hydrogen) atoms. The molecule has 0 radical (unpaired) electrons. The van der Waals surface area contributed by atoms with E-state index in [4.69, 9.17) is 4.52 Å². The molecule has 0 N–H and O–H groups in total. The fourth-order valence-corrected chi connectivity index (χ4v) is 4.96. The highest BCUT2D eigenvalue weighted by atomic mass is 32.1. The maximum Gasteiger partial charge on any atom is 0.296 e. The zero-order valence-corrected chi connectivity index (χ0v) is 19.1. The number of fused-ring (bicyclic) bond motifs is 1. The Labute approximate surface area is 199 Å². The Morgan fingerprint density at radius 2 is 1.79 bits per heavy atom. The molecule has 0 bridgehead atoms. The molecular formula is C25H20N6O2S. The van der Waals surface area contributed by atoms with Crippen LogP contribution in [0.3, 0.4) is 0 Å². The van der Waals surface area contributed by atoms with E-state index < -0.39 is 0 Å². The van der Waals surface area contributed by atoms with Crippen LogP contribution < -0.4 is 0 Å². The van der Waals surface area contributed by atoms with Crippen molar-refractivity contribution in [3.05, 3.63) is 83.5 Å². The van der Waals surface area contributed by atoms with Gasteiger partial charge in [-0.25, -0.2) is 0 Å². The van der Waals surface area contributed by atoms with Crippen molar-refractivity contribution in [1.82, 2.24) is 29.8 Å². The van der Waals surface area contributed by atoms with Gasteiger partial charge < -0.3 is 14.0 Å². The molecule has 1 unspecified atom stereocenters. The minimum atomic E-state index is -0.240. The smallest absolute Gasteiger partial charge is 0.296 e. The topological polar surface area (TPSA) is 89.9 Å². The number of carbonyl (C=O) groups is 1. The number of hydrogen-bond acceptors (Lipinski definition) is 7. The highest BCUT2D eigenvalue weighted by molar-refractivity contribution is 7.13. The second-order valence-electron chi connectivity index (χ2n) is 8.05. The standard InChI is InChI=1S/C25H20N6O2S/c1-16-22-27-28-23(24-26-21(29-33-24)18-6-3-2-4-7-18)31(22)14-13-30(16)25(32)19-11-9-17(10-12-19)20-8-5-15-34-20/h2-12,15-16H,13-14H2,1H3. The number of benzene rings is 2. The Morgan fingerprint density at radius 3 is 2.56 bits per heavy atom. The number of aromatic nitrogens is 5. The molecule has 0 spiro atoms. The molecule has 9 heteroatoms. The van der Waals surface area contributed by atoms with Crippen molar-refractivity contribution in [3.63, 3.8) is 0 Å². The summed E-state index contributed by atoms with van der Waals surface area (Å²) in [6.45, 7) is 3.04. The van der Waals surface area contributed by atoms with Gasteiger partial charge in [-0.15, -0.1) is 21.5 Å². The second kappa shape index (κ2) is 8.35. The summed E-state index contributed by atoms with van der Waals surface area (Å²) >= 11 is 1.68. The van der Waals surface area contributed by atoms with E-state index in [9.17, 15) is 4.79 Å². The molecule has 5 aromatic rings. The van der Waals surface area contributed by atoms with E-state index in [1.54, 1.807) is 11.3 Å².